The molecule has 0 spiro atoms. The quantitative estimate of drug-likeness (QED) is 0.783. The van der Waals surface area contributed by atoms with Gasteiger partial charge in [0.25, 0.3) is 0 Å². The highest BCUT2D eigenvalue weighted by Crippen LogP contribution is 2.26. The van der Waals surface area contributed by atoms with Gasteiger partial charge in [-0.15, -0.1) is 0 Å². The highest BCUT2D eigenvalue weighted by Gasteiger charge is 2.26. The third-order valence-electron chi connectivity index (χ3n) is 4.89. The number of hydrogen-bond acceptors (Lipinski definition) is 4. The Hall–Kier alpha value is -2.86. The number of carbonyl (C=O) groups excluding carboxylic acids is 1. The van der Waals surface area contributed by atoms with Crippen molar-refractivity contribution in [2.24, 2.45) is 0 Å². The topological polar surface area (TPSA) is 61.6 Å². The van der Waals surface area contributed by atoms with Crippen molar-refractivity contribution in [3.63, 3.8) is 0 Å². The first-order valence-corrected chi connectivity index (χ1v) is 8.78. The van der Waals surface area contributed by atoms with Gasteiger partial charge in [-0.05, 0) is 50.3 Å². The Morgan fingerprint density at radius 2 is 2.08 bits per heavy atom. The highest BCUT2D eigenvalue weighted by molar-refractivity contribution is 5.92. The third-order valence-corrected chi connectivity index (χ3v) is 4.89. The second kappa shape index (κ2) is 6.80. The van der Waals surface area contributed by atoms with Crippen LogP contribution in [0.2, 0.25) is 0 Å². The molecular formula is C20H22N4O2. The number of nitrogens with one attached hydrogen (secondary N) is 1. The molecule has 6 nitrogen and oxygen atoms in total. The molecule has 1 aliphatic heterocycles. The summed E-state index contributed by atoms with van der Waals surface area (Å²) in [4.78, 5) is 21.1. The van der Waals surface area contributed by atoms with E-state index in [1.54, 1.807) is 4.90 Å². The SMILES string of the molecule is CN1CC[C@H](N(C)C(=O)Nc2ccc3oc(-c4ccccc4)nc3c2)C1. The summed E-state index contributed by atoms with van der Waals surface area (Å²) < 4.78 is 5.81. The number of nitrogens with zero attached hydrogens (tertiary/aromatic N) is 3. The van der Waals surface area contributed by atoms with Crippen LogP contribution < -0.4 is 5.32 Å². The fraction of sp³-hybridized carbons (Fsp3) is 0.300. The molecule has 4 rings (SSSR count). The van der Waals surface area contributed by atoms with Gasteiger partial charge >= 0.3 is 6.03 Å². The second-order valence-electron chi connectivity index (χ2n) is 6.81. The first kappa shape index (κ1) is 16.6. The van der Waals surface area contributed by atoms with Gasteiger partial charge in [0.1, 0.15) is 5.52 Å². The molecule has 0 radical (unpaired) electrons. The lowest BCUT2D eigenvalue weighted by Gasteiger charge is -2.24. The summed E-state index contributed by atoms with van der Waals surface area (Å²) in [6.45, 7) is 1.93. The third kappa shape index (κ3) is 3.28. The van der Waals surface area contributed by atoms with Gasteiger partial charge in [-0.25, -0.2) is 9.78 Å². The number of carbonyl (C=O) groups is 1. The molecule has 1 saturated heterocycles. The first-order chi connectivity index (χ1) is 12.6. The molecule has 0 saturated carbocycles. The van der Waals surface area contributed by atoms with Crippen LogP contribution in [0.15, 0.2) is 52.9 Å². The maximum Gasteiger partial charge on any atom is 0.321 e. The van der Waals surface area contributed by atoms with Crippen molar-refractivity contribution in [1.82, 2.24) is 14.8 Å². The zero-order valence-corrected chi connectivity index (χ0v) is 15.0. The van der Waals surface area contributed by atoms with Gasteiger partial charge < -0.3 is 19.5 Å². The number of rotatable bonds is 3. The Bertz CT molecular complexity index is 922. The fourth-order valence-electron chi connectivity index (χ4n) is 3.31. The minimum Gasteiger partial charge on any atom is -0.436 e. The molecule has 2 amide bonds. The minimum absolute atomic E-state index is 0.101. The van der Waals surface area contributed by atoms with Gasteiger partial charge in [0.05, 0.1) is 0 Å². The Labute approximate surface area is 152 Å². The van der Waals surface area contributed by atoms with Crippen molar-refractivity contribution in [2.45, 2.75) is 12.5 Å². The van der Waals surface area contributed by atoms with Gasteiger partial charge in [-0.2, -0.15) is 0 Å². The summed E-state index contributed by atoms with van der Waals surface area (Å²) in [5.41, 5.74) is 3.07. The summed E-state index contributed by atoms with van der Waals surface area (Å²) in [6.07, 6.45) is 1.00. The van der Waals surface area contributed by atoms with Crippen LogP contribution >= 0.6 is 0 Å². The molecule has 6 heteroatoms. The summed E-state index contributed by atoms with van der Waals surface area (Å²) >= 11 is 0. The molecule has 3 aromatic rings. The molecule has 1 fully saturated rings. The van der Waals surface area contributed by atoms with Gasteiger partial charge in [0.2, 0.25) is 5.89 Å². The Balaban J connectivity index is 1.51. The maximum absolute atomic E-state index is 12.5. The van der Waals surface area contributed by atoms with E-state index >= 15 is 0 Å². The molecule has 1 atom stereocenters. The van der Waals surface area contributed by atoms with Gasteiger partial charge in [-0.1, -0.05) is 18.2 Å². The van der Waals surface area contributed by atoms with Crippen LogP contribution in [0.1, 0.15) is 6.42 Å². The van der Waals surface area contributed by atoms with Crippen molar-refractivity contribution in [3.8, 4) is 11.5 Å². The molecule has 0 aliphatic carbocycles. The van der Waals surface area contributed by atoms with Gasteiger partial charge in [0.15, 0.2) is 5.58 Å². The molecule has 0 unspecified atom stereocenters. The number of hydrogen-bond donors (Lipinski definition) is 1. The van der Waals surface area contributed by atoms with E-state index in [9.17, 15) is 4.79 Å². The zero-order chi connectivity index (χ0) is 18.1. The average molecular weight is 350 g/mol. The van der Waals surface area contributed by atoms with E-state index in [1.807, 2.05) is 55.6 Å². The monoisotopic (exact) mass is 350 g/mol. The fourth-order valence-corrected chi connectivity index (χ4v) is 3.31. The zero-order valence-electron chi connectivity index (χ0n) is 15.0. The number of urea groups is 1. The summed E-state index contributed by atoms with van der Waals surface area (Å²) in [6, 6.07) is 15.5. The number of likely N-dealkylation sites (N-methyl/N-ethyl adjacent to an activating group) is 2. The minimum atomic E-state index is -0.101. The van der Waals surface area contributed by atoms with E-state index in [0.717, 1.165) is 30.6 Å². The number of oxazole rings is 1. The van der Waals surface area contributed by atoms with Crippen molar-refractivity contribution in [2.75, 3.05) is 32.5 Å². The molecule has 1 aliphatic rings. The predicted octanol–water partition coefficient (Wildman–Crippen LogP) is 3.66. The lowest BCUT2D eigenvalue weighted by atomic mass is 10.2. The van der Waals surface area contributed by atoms with Crippen LogP contribution in [0.3, 0.4) is 0 Å². The van der Waals surface area contributed by atoms with Crippen molar-refractivity contribution < 1.29 is 9.21 Å². The van der Waals surface area contributed by atoms with Crippen molar-refractivity contribution in [1.29, 1.82) is 0 Å². The van der Waals surface area contributed by atoms with Crippen LogP contribution in [0.4, 0.5) is 10.5 Å². The maximum atomic E-state index is 12.5. The number of benzene rings is 2. The van der Waals surface area contributed by atoms with E-state index in [4.69, 9.17) is 4.42 Å². The molecule has 0 bridgehead atoms. The van der Waals surface area contributed by atoms with E-state index in [-0.39, 0.29) is 12.1 Å². The average Bonchev–Trinajstić information content (AvgIpc) is 3.27. The normalized spacial score (nSPS) is 17.5. The molecular weight excluding hydrogens is 328 g/mol. The lowest BCUT2D eigenvalue weighted by molar-refractivity contribution is 0.204. The molecule has 134 valence electrons. The summed E-state index contributed by atoms with van der Waals surface area (Å²) in [5.74, 6) is 0.579. The van der Waals surface area contributed by atoms with Crippen molar-refractivity contribution >= 4 is 22.8 Å². The van der Waals surface area contributed by atoms with Crippen LogP contribution in [0, 0.1) is 0 Å². The van der Waals surface area contributed by atoms with Crippen LogP contribution in [-0.2, 0) is 0 Å². The Morgan fingerprint density at radius 3 is 2.81 bits per heavy atom. The largest absolute Gasteiger partial charge is 0.436 e. The van der Waals surface area contributed by atoms with Gasteiger partial charge in [-0.3, -0.25) is 0 Å². The Kier molecular flexibility index (Phi) is 4.34. The van der Waals surface area contributed by atoms with E-state index < -0.39 is 0 Å². The predicted molar refractivity (Wildman–Crippen MR) is 102 cm³/mol. The number of anilines is 1. The van der Waals surface area contributed by atoms with Crippen LogP contribution in [0.5, 0.6) is 0 Å². The standard InChI is InChI=1S/C20H22N4O2/c1-23-11-10-16(13-23)24(2)20(25)21-15-8-9-18-17(12-15)22-19(26-18)14-6-4-3-5-7-14/h3-9,12,16H,10-11,13H2,1-2H3,(H,21,25)/t16-/m0/s1. The first-order valence-electron chi connectivity index (χ1n) is 8.78. The highest BCUT2D eigenvalue weighted by atomic mass is 16.3. The van der Waals surface area contributed by atoms with E-state index in [1.165, 1.54) is 0 Å². The van der Waals surface area contributed by atoms with Crippen molar-refractivity contribution in [3.05, 3.63) is 48.5 Å². The van der Waals surface area contributed by atoms with Crippen LogP contribution in [-0.4, -0.2) is 54.0 Å². The summed E-state index contributed by atoms with van der Waals surface area (Å²) in [7, 11) is 3.93. The molecule has 26 heavy (non-hydrogen) atoms. The number of likely N-dealkylation sites (tertiary alicyclic amines) is 1. The molecule has 1 N–H and O–H groups in total. The smallest absolute Gasteiger partial charge is 0.321 e. The van der Waals surface area contributed by atoms with Crippen LogP contribution in [0.25, 0.3) is 22.6 Å². The molecule has 1 aromatic heterocycles. The number of amides is 2. The number of aromatic nitrogens is 1. The number of fused-ring (bicyclic) bond motifs is 1. The molecule has 2 aromatic carbocycles. The summed E-state index contributed by atoms with van der Waals surface area (Å²) in [5, 5.41) is 2.96. The van der Waals surface area contributed by atoms with Gasteiger partial charge in [0, 0.05) is 30.9 Å². The van der Waals surface area contributed by atoms with E-state index in [2.05, 4.69) is 22.2 Å². The Morgan fingerprint density at radius 1 is 1.27 bits per heavy atom. The lowest BCUT2D eigenvalue weighted by Crippen LogP contribution is -2.41. The molecule has 2 heterocycles. The van der Waals surface area contributed by atoms with E-state index in [0.29, 0.717) is 17.2 Å². The second-order valence-corrected chi connectivity index (χ2v) is 6.81.